The lowest BCUT2D eigenvalue weighted by atomic mass is 10.3. The van der Waals surface area contributed by atoms with Crippen molar-refractivity contribution in [1.82, 2.24) is 3.11 Å². The van der Waals surface area contributed by atoms with Crippen molar-refractivity contribution in [3.8, 4) is 12.3 Å². The molecule has 0 saturated carbocycles. The first-order valence-electron chi connectivity index (χ1n) is 4.26. The van der Waals surface area contributed by atoms with Crippen LogP contribution in [0.5, 0.6) is 0 Å². The van der Waals surface area contributed by atoms with Crippen LogP contribution in [0.15, 0.2) is 0 Å². The molecule has 84 valence electrons. The van der Waals surface area contributed by atoms with Gasteiger partial charge in [-0.15, -0.1) is 6.42 Å². The Kier molecular flexibility index (Phi) is 6.86. The lowest BCUT2D eigenvalue weighted by molar-refractivity contribution is -0.146. The van der Waals surface area contributed by atoms with Crippen LogP contribution >= 0.6 is 22.9 Å². The van der Waals surface area contributed by atoms with Crippen molar-refractivity contribution in [3.05, 3.63) is 0 Å². The predicted octanol–water partition coefficient (Wildman–Crippen LogP) is 1.36. The van der Waals surface area contributed by atoms with Crippen LogP contribution in [-0.2, 0) is 14.3 Å². The highest BCUT2D eigenvalue weighted by molar-refractivity contribution is 14.1. The van der Waals surface area contributed by atoms with Gasteiger partial charge >= 0.3 is 12.1 Å². The molecule has 0 fully saturated rings. The summed E-state index contributed by atoms with van der Waals surface area (Å²) >= 11 is 1.68. The third-order valence-electron chi connectivity index (χ3n) is 1.42. The van der Waals surface area contributed by atoms with Gasteiger partial charge in [-0.2, -0.15) is 0 Å². The first-order valence-corrected chi connectivity index (χ1v) is 5.22. The van der Waals surface area contributed by atoms with Gasteiger partial charge in [0.2, 0.25) is 0 Å². The summed E-state index contributed by atoms with van der Waals surface area (Å²) < 4.78 is 10.5. The highest BCUT2D eigenvalue weighted by Gasteiger charge is 2.25. The fourth-order valence-corrected chi connectivity index (χ4v) is 1.05. The summed E-state index contributed by atoms with van der Waals surface area (Å²) in [6.07, 6.45) is 4.26. The SMILES string of the molecule is C#CCOC(=O)N(I)[C@@H](C)C(=O)OCC. The molecule has 15 heavy (non-hydrogen) atoms. The Labute approximate surface area is 103 Å². The maximum atomic E-state index is 11.2. The number of halogens is 1. The molecule has 1 atom stereocenters. The lowest BCUT2D eigenvalue weighted by Crippen LogP contribution is -2.37. The molecule has 0 saturated heterocycles. The molecule has 0 aromatic heterocycles. The maximum Gasteiger partial charge on any atom is 0.420 e. The van der Waals surface area contributed by atoms with Crippen LogP contribution in [0, 0.1) is 12.3 Å². The molecule has 6 heteroatoms. The van der Waals surface area contributed by atoms with E-state index in [2.05, 4.69) is 10.7 Å². The predicted molar refractivity (Wildman–Crippen MR) is 62.1 cm³/mol. The quantitative estimate of drug-likeness (QED) is 0.339. The molecule has 0 aliphatic rings. The summed E-state index contributed by atoms with van der Waals surface area (Å²) in [6.45, 7) is 3.39. The number of hydrogen-bond donors (Lipinski definition) is 0. The molecule has 5 nitrogen and oxygen atoms in total. The summed E-state index contributed by atoms with van der Waals surface area (Å²) in [7, 11) is 0. The van der Waals surface area contributed by atoms with E-state index in [-0.39, 0.29) is 13.2 Å². The Bertz CT molecular complexity index is 274. The number of ether oxygens (including phenoxy) is 2. The van der Waals surface area contributed by atoms with Crippen LogP contribution in [0.1, 0.15) is 13.8 Å². The molecule has 0 rings (SSSR count). The van der Waals surface area contributed by atoms with Gasteiger partial charge in [0.15, 0.2) is 6.61 Å². The van der Waals surface area contributed by atoms with Crippen LogP contribution in [0.25, 0.3) is 0 Å². The minimum atomic E-state index is -0.698. The molecule has 0 aromatic carbocycles. The van der Waals surface area contributed by atoms with Gasteiger partial charge in [0, 0.05) is 0 Å². The zero-order chi connectivity index (χ0) is 11.8. The standard InChI is InChI=1S/C9H12INO4/c1-4-6-15-9(13)11(10)7(3)8(12)14-5-2/h1,7H,5-6H2,2-3H3/t7-/m0/s1. The fraction of sp³-hybridized carbons (Fsp3) is 0.556. The molecule has 0 heterocycles. The van der Waals surface area contributed by atoms with E-state index in [1.807, 2.05) is 0 Å². The van der Waals surface area contributed by atoms with Gasteiger partial charge in [0.25, 0.3) is 0 Å². The number of hydrogen-bond acceptors (Lipinski definition) is 4. The van der Waals surface area contributed by atoms with Crippen molar-refractivity contribution < 1.29 is 19.1 Å². The first-order chi connectivity index (χ1) is 7.04. The Morgan fingerprint density at radius 1 is 1.53 bits per heavy atom. The van der Waals surface area contributed by atoms with Crippen LogP contribution in [0.4, 0.5) is 4.79 Å². The Morgan fingerprint density at radius 3 is 2.60 bits per heavy atom. The van der Waals surface area contributed by atoms with Gasteiger partial charge in [-0.25, -0.2) is 12.7 Å². The number of amides is 1. The Hall–Kier alpha value is -0.970. The average Bonchev–Trinajstić information content (AvgIpc) is 2.24. The van der Waals surface area contributed by atoms with Crippen LogP contribution in [-0.4, -0.2) is 34.4 Å². The van der Waals surface area contributed by atoms with E-state index in [1.54, 1.807) is 36.7 Å². The summed E-state index contributed by atoms with van der Waals surface area (Å²) in [6, 6.07) is -0.698. The van der Waals surface area contributed by atoms with Crippen LogP contribution in [0.3, 0.4) is 0 Å². The van der Waals surface area contributed by atoms with Crippen molar-refractivity contribution in [2.45, 2.75) is 19.9 Å². The van der Waals surface area contributed by atoms with Gasteiger partial charge < -0.3 is 9.47 Å². The van der Waals surface area contributed by atoms with Crippen molar-refractivity contribution in [2.24, 2.45) is 0 Å². The summed E-state index contributed by atoms with van der Waals surface area (Å²) in [4.78, 5) is 22.5. The summed E-state index contributed by atoms with van der Waals surface area (Å²) in [5.41, 5.74) is 0. The van der Waals surface area contributed by atoms with Gasteiger partial charge in [-0.1, -0.05) is 5.92 Å². The minimum absolute atomic E-state index is 0.117. The van der Waals surface area contributed by atoms with Crippen molar-refractivity contribution in [3.63, 3.8) is 0 Å². The second-order valence-corrected chi connectivity index (χ2v) is 3.54. The van der Waals surface area contributed by atoms with Crippen molar-refractivity contribution in [1.29, 1.82) is 0 Å². The molecule has 0 aromatic rings. The number of terminal acetylenes is 1. The van der Waals surface area contributed by atoms with Crippen molar-refractivity contribution >= 4 is 34.9 Å². The number of rotatable bonds is 4. The molecule has 1 amide bonds. The molecule has 0 N–H and O–H groups in total. The molecule has 0 radical (unpaired) electrons. The van der Waals surface area contributed by atoms with E-state index in [0.717, 1.165) is 3.11 Å². The van der Waals surface area contributed by atoms with Gasteiger partial charge in [0.1, 0.15) is 6.04 Å². The van der Waals surface area contributed by atoms with E-state index in [4.69, 9.17) is 11.2 Å². The van der Waals surface area contributed by atoms with Crippen molar-refractivity contribution in [2.75, 3.05) is 13.2 Å². The van der Waals surface area contributed by atoms with Gasteiger partial charge in [0.05, 0.1) is 29.5 Å². The topological polar surface area (TPSA) is 55.8 Å². The minimum Gasteiger partial charge on any atom is -0.464 e. The number of esters is 1. The second kappa shape index (κ2) is 7.34. The normalized spacial score (nSPS) is 11.1. The zero-order valence-corrected chi connectivity index (χ0v) is 10.7. The molecule has 0 unspecified atom stereocenters. The van der Waals surface area contributed by atoms with E-state index >= 15 is 0 Å². The van der Waals surface area contributed by atoms with Gasteiger partial charge in [-0.05, 0) is 13.8 Å². The first kappa shape index (κ1) is 14.0. The zero-order valence-electron chi connectivity index (χ0n) is 8.53. The summed E-state index contributed by atoms with van der Waals surface area (Å²) in [5, 5.41) is 0. The fourth-order valence-electron chi connectivity index (χ4n) is 0.679. The second-order valence-electron chi connectivity index (χ2n) is 2.50. The van der Waals surface area contributed by atoms with Crippen LogP contribution < -0.4 is 0 Å². The third kappa shape index (κ3) is 4.88. The van der Waals surface area contributed by atoms with E-state index in [9.17, 15) is 9.59 Å². The molecular formula is C9H12INO4. The highest BCUT2D eigenvalue weighted by Crippen LogP contribution is 2.10. The number of carbonyl (C=O) groups excluding carboxylic acids is 2. The molecule has 0 aliphatic carbocycles. The molecule has 0 spiro atoms. The van der Waals surface area contributed by atoms with Gasteiger partial charge in [-0.3, -0.25) is 0 Å². The Morgan fingerprint density at radius 2 is 2.13 bits per heavy atom. The summed E-state index contributed by atoms with van der Waals surface area (Å²) in [5.74, 6) is 1.68. The monoisotopic (exact) mass is 325 g/mol. The number of nitrogens with zero attached hydrogens (tertiary/aromatic N) is 1. The Balaban J connectivity index is 4.19. The molecule has 0 aliphatic heterocycles. The maximum absolute atomic E-state index is 11.2. The van der Waals surface area contributed by atoms with Crippen LogP contribution in [0.2, 0.25) is 0 Å². The number of carbonyl (C=O) groups is 2. The van der Waals surface area contributed by atoms with E-state index in [1.165, 1.54) is 0 Å². The smallest absolute Gasteiger partial charge is 0.420 e. The molecular weight excluding hydrogens is 313 g/mol. The van der Waals surface area contributed by atoms with E-state index < -0.39 is 18.1 Å². The highest BCUT2D eigenvalue weighted by atomic mass is 127. The molecule has 0 bridgehead atoms. The largest absolute Gasteiger partial charge is 0.464 e. The lowest BCUT2D eigenvalue weighted by Gasteiger charge is -2.19. The van der Waals surface area contributed by atoms with E-state index in [0.29, 0.717) is 0 Å². The third-order valence-corrected chi connectivity index (χ3v) is 2.65. The average molecular weight is 325 g/mol.